The van der Waals surface area contributed by atoms with Gasteiger partial charge in [-0.25, -0.2) is 4.68 Å². The van der Waals surface area contributed by atoms with Crippen LogP contribution >= 0.6 is 15.9 Å². The predicted octanol–water partition coefficient (Wildman–Crippen LogP) is 4.00. The van der Waals surface area contributed by atoms with Gasteiger partial charge in [0, 0.05) is 12.1 Å². The Hall–Kier alpha value is -1.29. The zero-order valence-corrected chi connectivity index (χ0v) is 12.2. The van der Waals surface area contributed by atoms with Crippen molar-refractivity contribution in [1.82, 2.24) is 9.78 Å². The molecule has 1 unspecified atom stereocenters. The molecule has 18 heavy (non-hydrogen) atoms. The highest BCUT2D eigenvalue weighted by atomic mass is 79.9. The van der Waals surface area contributed by atoms with Crippen molar-refractivity contribution in [1.29, 1.82) is 0 Å². The lowest BCUT2D eigenvalue weighted by Gasteiger charge is -2.22. The quantitative estimate of drug-likeness (QED) is 0.863. The molecule has 0 spiro atoms. The maximum absolute atomic E-state index is 4.74. The number of hydrogen-bond donors (Lipinski definition) is 1. The van der Waals surface area contributed by atoms with Crippen molar-refractivity contribution in [3.8, 4) is 11.3 Å². The Bertz CT molecular complexity index is 571. The van der Waals surface area contributed by atoms with Gasteiger partial charge in [-0.05, 0) is 36.2 Å². The molecule has 1 N–H and O–H groups in total. The van der Waals surface area contributed by atoms with Crippen LogP contribution < -0.4 is 5.32 Å². The molecule has 0 amide bonds. The minimum Gasteiger partial charge on any atom is -0.369 e. The molecule has 0 saturated carbocycles. The molecule has 1 aliphatic rings. The highest BCUT2D eigenvalue weighted by molar-refractivity contribution is 9.10. The van der Waals surface area contributed by atoms with Crippen molar-refractivity contribution in [2.45, 2.75) is 26.3 Å². The second kappa shape index (κ2) is 4.43. The van der Waals surface area contributed by atoms with Crippen LogP contribution in [0.3, 0.4) is 0 Å². The molecule has 1 aliphatic heterocycles. The van der Waals surface area contributed by atoms with Crippen LogP contribution in [0.15, 0.2) is 28.7 Å². The summed E-state index contributed by atoms with van der Waals surface area (Å²) in [5.41, 5.74) is 3.44. The van der Waals surface area contributed by atoms with Gasteiger partial charge in [0.1, 0.15) is 11.5 Å². The van der Waals surface area contributed by atoms with Gasteiger partial charge in [-0.15, -0.1) is 0 Å². The van der Waals surface area contributed by atoms with E-state index < -0.39 is 0 Å². The highest BCUT2D eigenvalue weighted by Crippen LogP contribution is 2.37. The number of nitrogens with zero attached hydrogens (tertiary/aromatic N) is 2. The van der Waals surface area contributed by atoms with Crippen LogP contribution in [-0.2, 0) is 0 Å². The molecule has 1 aromatic carbocycles. The van der Waals surface area contributed by atoms with Crippen LogP contribution in [0.2, 0.25) is 0 Å². The largest absolute Gasteiger partial charge is 0.369 e. The summed E-state index contributed by atoms with van der Waals surface area (Å²) in [4.78, 5) is 0. The summed E-state index contributed by atoms with van der Waals surface area (Å²) in [5.74, 6) is 1.10. The summed E-state index contributed by atoms with van der Waals surface area (Å²) >= 11 is 3.67. The number of halogens is 1. The third kappa shape index (κ3) is 1.85. The predicted molar refractivity (Wildman–Crippen MR) is 77.9 cm³/mol. The summed E-state index contributed by atoms with van der Waals surface area (Å²) in [6.45, 7) is 5.32. The molecule has 0 radical (unpaired) electrons. The highest BCUT2D eigenvalue weighted by Gasteiger charge is 2.23. The Morgan fingerprint density at radius 2 is 2.06 bits per heavy atom. The molecular formula is C14H16BrN3. The molecule has 2 aromatic rings. The van der Waals surface area contributed by atoms with Gasteiger partial charge in [0.2, 0.25) is 0 Å². The van der Waals surface area contributed by atoms with Gasteiger partial charge in [0.25, 0.3) is 0 Å². The maximum atomic E-state index is 4.74. The zero-order chi connectivity index (χ0) is 12.7. The molecule has 2 heterocycles. The van der Waals surface area contributed by atoms with E-state index in [9.17, 15) is 0 Å². The van der Waals surface area contributed by atoms with E-state index in [4.69, 9.17) is 5.10 Å². The molecule has 0 bridgehead atoms. The number of fused-ring (bicyclic) bond motifs is 1. The Morgan fingerprint density at radius 3 is 2.72 bits per heavy atom. The minimum atomic E-state index is 0.455. The van der Waals surface area contributed by atoms with Crippen LogP contribution in [0, 0.1) is 6.92 Å². The summed E-state index contributed by atoms with van der Waals surface area (Å²) in [6, 6.07) is 8.95. The molecular weight excluding hydrogens is 290 g/mol. The van der Waals surface area contributed by atoms with Gasteiger partial charge in [0.15, 0.2) is 0 Å². The number of aromatic nitrogens is 2. The Balaban J connectivity index is 2.10. The third-order valence-corrected chi connectivity index (χ3v) is 4.20. The molecule has 3 rings (SSSR count). The molecule has 0 saturated heterocycles. The van der Waals surface area contributed by atoms with Crippen LogP contribution in [0.25, 0.3) is 11.3 Å². The molecule has 3 nitrogen and oxygen atoms in total. The van der Waals surface area contributed by atoms with E-state index in [-0.39, 0.29) is 0 Å². The standard InChI is InChI=1S/C14H16BrN3/c1-9-3-5-11(6-4-9)13-12(15)14-16-8-7-10(2)18(14)17-13/h3-6,10,16H,7-8H2,1-2H3. The summed E-state index contributed by atoms with van der Waals surface area (Å²) < 4.78 is 3.15. The van der Waals surface area contributed by atoms with Crippen molar-refractivity contribution >= 4 is 21.7 Å². The maximum Gasteiger partial charge on any atom is 0.139 e. The van der Waals surface area contributed by atoms with Gasteiger partial charge in [-0.2, -0.15) is 5.10 Å². The van der Waals surface area contributed by atoms with Crippen LogP contribution in [0.1, 0.15) is 24.9 Å². The normalized spacial score (nSPS) is 18.3. The van der Waals surface area contributed by atoms with E-state index in [0.717, 1.165) is 34.5 Å². The first-order chi connectivity index (χ1) is 8.66. The average Bonchev–Trinajstić information content (AvgIpc) is 2.70. The van der Waals surface area contributed by atoms with Crippen LogP contribution in [0.4, 0.5) is 5.82 Å². The van der Waals surface area contributed by atoms with Gasteiger partial charge >= 0.3 is 0 Å². The van der Waals surface area contributed by atoms with E-state index in [0.29, 0.717) is 6.04 Å². The minimum absolute atomic E-state index is 0.455. The number of hydrogen-bond acceptors (Lipinski definition) is 2. The number of nitrogens with one attached hydrogen (secondary N) is 1. The molecule has 0 fully saturated rings. The number of anilines is 1. The van der Waals surface area contributed by atoms with E-state index in [1.165, 1.54) is 5.56 Å². The third-order valence-electron chi connectivity index (χ3n) is 3.45. The summed E-state index contributed by atoms with van der Waals surface area (Å²) in [5, 5.41) is 8.15. The summed E-state index contributed by atoms with van der Waals surface area (Å²) in [6.07, 6.45) is 1.12. The topological polar surface area (TPSA) is 29.9 Å². The van der Waals surface area contributed by atoms with Crippen molar-refractivity contribution in [3.05, 3.63) is 34.3 Å². The fourth-order valence-corrected chi connectivity index (χ4v) is 2.94. The van der Waals surface area contributed by atoms with Crippen molar-refractivity contribution in [3.63, 3.8) is 0 Å². The molecule has 4 heteroatoms. The fourth-order valence-electron chi connectivity index (χ4n) is 2.31. The Labute approximate surface area is 115 Å². The van der Waals surface area contributed by atoms with E-state index in [1.807, 2.05) is 0 Å². The number of benzene rings is 1. The van der Waals surface area contributed by atoms with Crippen molar-refractivity contribution < 1.29 is 0 Å². The second-order valence-corrected chi connectivity index (χ2v) is 5.68. The first-order valence-corrected chi connectivity index (χ1v) is 7.05. The first-order valence-electron chi connectivity index (χ1n) is 6.25. The SMILES string of the molecule is Cc1ccc(-c2nn3c(c2Br)NCCC3C)cc1. The van der Waals surface area contributed by atoms with Gasteiger partial charge in [0.05, 0.1) is 10.5 Å². The molecule has 1 aromatic heterocycles. The lowest BCUT2D eigenvalue weighted by atomic mass is 10.1. The summed E-state index contributed by atoms with van der Waals surface area (Å²) in [7, 11) is 0. The van der Waals surface area contributed by atoms with Gasteiger partial charge in [-0.1, -0.05) is 29.8 Å². The Kier molecular flexibility index (Phi) is 2.90. The Morgan fingerprint density at radius 1 is 1.33 bits per heavy atom. The second-order valence-electron chi connectivity index (χ2n) is 4.89. The van der Waals surface area contributed by atoms with Crippen LogP contribution in [-0.4, -0.2) is 16.3 Å². The van der Waals surface area contributed by atoms with Crippen molar-refractivity contribution in [2.75, 3.05) is 11.9 Å². The fraction of sp³-hybridized carbons (Fsp3) is 0.357. The lowest BCUT2D eigenvalue weighted by molar-refractivity contribution is 0.454. The van der Waals surface area contributed by atoms with E-state index in [1.54, 1.807) is 0 Å². The van der Waals surface area contributed by atoms with E-state index >= 15 is 0 Å². The average molecular weight is 306 g/mol. The first kappa shape index (κ1) is 11.8. The van der Waals surface area contributed by atoms with Gasteiger partial charge < -0.3 is 5.32 Å². The number of aryl methyl sites for hydroxylation is 1. The van der Waals surface area contributed by atoms with Crippen LogP contribution in [0.5, 0.6) is 0 Å². The number of rotatable bonds is 1. The van der Waals surface area contributed by atoms with E-state index in [2.05, 4.69) is 64.0 Å². The molecule has 0 aliphatic carbocycles. The molecule has 94 valence electrons. The lowest BCUT2D eigenvalue weighted by Crippen LogP contribution is -2.21. The monoisotopic (exact) mass is 305 g/mol. The smallest absolute Gasteiger partial charge is 0.139 e. The zero-order valence-electron chi connectivity index (χ0n) is 10.6. The van der Waals surface area contributed by atoms with Gasteiger partial charge in [-0.3, -0.25) is 0 Å². The molecule has 1 atom stereocenters. The van der Waals surface area contributed by atoms with Crippen molar-refractivity contribution in [2.24, 2.45) is 0 Å².